The van der Waals surface area contributed by atoms with Crippen LogP contribution in [-0.2, 0) is 4.74 Å². The quantitative estimate of drug-likeness (QED) is 0.579. The fourth-order valence-corrected chi connectivity index (χ4v) is 4.98. The van der Waals surface area contributed by atoms with Gasteiger partial charge >= 0.3 is 0 Å². The Morgan fingerprint density at radius 3 is 2.91 bits per heavy atom. The molecule has 3 unspecified atom stereocenters. The lowest BCUT2D eigenvalue weighted by Gasteiger charge is -2.39. The number of amidine groups is 1. The summed E-state index contributed by atoms with van der Waals surface area (Å²) >= 11 is 0. The Kier molecular flexibility index (Phi) is 8.75. The third kappa shape index (κ3) is 6.55. The first-order chi connectivity index (χ1) is 16.1. The van der Waals surface area contributed by atoms with Crippen LogP contribution in [0.25, 0.3) is 0 Å². The van der Waals surface area contributed by atoms with Gasteiger partial charge in [0, 0.05) is 50.5 Å². The minimum atomic E-state index is 0.0319. The maximum atomic E-state index is 5.46. The van der Waals surface area contributed by atoms with Gasteiger partial charge in [0.2, 0.25) is 0 Å². The van der Waals surface area contributed by atoms with E-state index in [2.05, 4.69) is 59.4 Å². The van der Waals surface area contributed by atoms with Gasteiger partial charge in [0.05, 0.1) is 24.6 Å². The van der Waals surface area contributed by atoms with E-state index in [0.29, 0.717) is 12.0 Å². The van der Waals surface area contributed by atoms with Crippen molar-refractivity contribution in [3.63, 3.8) is 0 Å². The van der Waals surface area contributed by atoms with Gasteiger partial charge in [0.15, 0.2) is 0 Å². The summed E-state index contributed by atoms with van der Waals surface area (Å²) in [6.45, 7) is 14.8. The van der Waals surface area contributed by atoms with Crippen LogP contribution in [0.5, 0.6) is 0 Å². The van der Waals surface area contributed by atoms with Gasteiger partial charge in [-0.25, -0.2) is 4.99 Å². The van der Waals surface area contributed by atoms with E-state index >= 15 is 0 Å². The van der Waals surface area contributed by atoms with Crippen molar-refractivity contribution < 1.29 is 4.74 Å². The van der Waals surface area contributed by atoms with E-state index in [9.17, 15) is 0 Å². The molecule has 2 saturated heterocycles. The first kappa shape index (κ1) is 24.2. The van der Waals surface area contributed by atoms with Crippen LogP contribution in [0.3, 0.4) is 0 Å². The lowest BCUT2D eigenvalue weighted by Crippen LogP contribution is -2.54. The molecule has 0 aromatic heterocycles. The number of rotatable bonds is 7. The standard InChI is InChI=1S/C26H42N6O/c1-20(2)32(19-22-8-4-5-9-27-18-22)26-25-24(28-10-11-29-25)17-23(30-26)21(3)7-6-12-31-13-15-33-16-14-31/h6-7,10-11,17,20-22,25,27,29H,4-5,8-9,12-16,18-19H2,1-3H3/b7-6-. The van der Waals surface area contributed by atoms with Crippen molar-refractivity contribution in [1.29, 1.82) is 0 Å². The first-order valence-electron chi connectivity index (χ1n) is 12.8. The molecule has 0 aliphatic carbocycles. The molecule has 4 aliphatic heterocycles. The Balaban J connectivity index is 1.51. The normalized spacial score (nSPS) is 27.3. The molecule has 0 radical (unpaired) electrons. The zero-order valence-electron chi connectivity index (χ0n) is 20.7. The van der Waals surface area contributed by atoms with Crippen LogP contribution in [0.15, 0.2) is 46.3 Å². The second-order valence-electron chi connectivity index (χ2n) is 9.95. The molecule has 2 N–H and O–H groups in total. The van der Waals surface area contributed by atoms with Crippen LogP contribution in [-0.4, -0.2) is 85.9 Å². The average Bonchev–Trinajstić information content (AvgIpc) is 3.11. The van der Waals surface area contributed by atoms with Crippen molar-refractivity contribution >= 4 is 11.5 Å². The van der Waals surface area contributed by atoms with Gasteiger partial charge < -0.3 is 20.3 Å². The minimum Gasteiger partial charge on any atom is -0.379 e. The smallest absolute Gasteiger partial charge is 0.134 e. The van der Waals surface area contributed by atoms with Crippen LogP contribution in [0.2, 0.25) is 0 Å². The summed E-state index contributed by atoms with van der Waals surface area (Å²) in [6.07, 6.45) is 14.4. The van der Waals surface area contributed by atoms with E-state index < -0.39 is 0 Å². The monoisotopic (exact) mass is 454 g/mol. The Morgan fingerprint density at radius 1 is 1.24 bits per heavy atom. The summed E-state index contributed by atoms with van der Waals surface area (Å²) in [5.41, 5.74) is 2.16. The van der Waals surface area contributed by atoms with E-state index in [-0.39, 0.29) is 12.0 Å². The molecule has 7 nitrogen and oxygen atoms in total. The number of ether oxygens (including phenoxy) is 1. The fraction of sp³-hybridized carbons (Fsp3) is 0.692. The largest absolute Gasteiger partial charge is 0.379 e. The molecular weight excluding hydrogens is 412 g/mol. The van der Waals surface area contributed by atoms with Gasteiger partial charge in [-0.2, -0.15) is 0 Å². The number of fused-ring (bicyclic) bond motifs is 1. The summed E-state index contributed by atoms with van der Waals surface area (Å²) < 4.78 is 5.46. The molecule has 4 aliphatic rings. The Morgan fingerprint density at radius 2 is 2.09 bits per heavy atom. The van der Waals surface area contributed by atoms with Gasteiger partial charge in [-0.1, -0.05) is 25.5 Å². The maximum Gasteiger partial charge on any atom is 0.134 e. The van der Waals surface area contributed by atoms with E-state index in [0.717, 1.165) is 69.7 Å². The number of morpholine rings is 1. The molecule has 0 spiro atoms. The highest BCUT2D eigenvalue weighted by Crippen LogP contribution is 2.24. The first-order valence-corrected chi connectivity index (χ1v) is 12.8. The summed E-state index contributed by atoms with van der Waals surface area (Å²) in [5, 5.41) is 7.15. The van der Waals surface area contributed by atoms with Gasteiger partial charge in [-0.3, -0.25) is 9.89 Å². The van der Waals surface area contributed by atoms with Crippen LogP contribution >= 0.6 is 0 Å². The van der Waals surface area contributed by atoms with Crippen molar-refractivity contribution in [1.82, 2.24) is 20.4 Å². The van der Waals surface area contributed by atoms with Crippen LogP contribution in [0.4, 0.5) is 0 Å². The predicted molar refractivity (Wildman–Crippen MR) is 137 cm³/mol. The van der Waals surface area contributed by atoms with E-state index in [1.54, 1.807) is 0 Å². The summed E-state index contributed by atoms with van der Waals surface area (Å²) in [7, 11) is 0. The van der Waals surface area contributed by atoms with Crippen molar-refractivity contribution in [2.75, 3.05) is 52.5 Å². The van der Waals surface area contributed by atoms with E-state index in [4.69, 9.17) is 14.7 Å². The molecular formula is C26H42N6O. The zero-order chi connectivity index (χ0) is 23.0. The van der Waals surface area contributed by atoms with Crippen LogP contribution in [0.1, 0.15) is 40.0 Å². The summed E-state index contributed by atoms with van der Waals surface area (Å²) in [5.74, 6) is 2.00. The molecule has 2 fully saturated rings. The molecule has 0 aromatic carbocycles. The molecule has 0 saturated carbocycles. The predicted octanol–water partition coefficient (Wildman–Crippen LogP) is 2.79. The molecule has 0 aromatic rings. The molecule has 182 valence electrons. The molecule has 0 amide bonds. The van der Waals surface area contributed by atoms with Gasteiger partial charge in [-0.15, -0.1) is 0 Å². The second kappa shape index (κ2) is 12.0. The molecule has 0 bridgehead atoms. The molecule has 4 rings (SSSR count). The Hall–Kier alpha value is -1.96. The molecule has 33 heavy (non-hydrogen) atoms. The maximum absolute atomic E-state index is 5.46. The highest BCUT2D eigenvalue weighted by atomic mass is 16.5. The Bertz CT molecular complexity index is 785. The average molecular weight is 455 g/mol. The lowest BCUT2D eigenvalue weighted by molar-refractivity contribution is 0.0434. The van der Waals surface area contributed by atoms with Crippen molar-refractivity contribution in [3.05, 3.63) is 36.3 Å². The number of hydrogen-bond donors (Lipinski definition) is 2. The third-order valence-corrected chi connectivity index (χ3v) is 7.03. The van der Waals surface area contributed by atoms with Crippen molar-refractivity contribution in [2.24, 2.45) is 21.8 Å². The zero-order valence-corrected chi connectivity index (χ0v) is 20.7. The SMILES string of the molecule is CC(/C=C\CN1CCOCC1)C1=CC2=NC=CNC2C(N(CC2CCCCNC2)C(C)C)=N1. The molecule has 3 atom stereocenters. The van der Waals surface area contributed by atoms with Gasteiger partial charge in [0.1, 0.15) is 11.9 Å². The summed E-state index contributed by atoms with van der Waals surface area (Å²) in [6, 6.07) is 0.414. The molecule has 4 heterocycles. The number of nitrogens with one attached hydrogen (secondary N) is 2. The minimum absolute atomic E-state index is 0.0319. The summed E-state index contributed by atoms with van der Waals surface area (Å²) in [4.78, 5) is 14.9. The third-order valence-electron chi connectivity index (χ3n) is 7.03. The second-order valence-corrected chi connectivity index (χ2v) is 9.95. The van der Waals surface area contributed by atoms with E-state index in [1.807, 2.05) is 12.4 Å². The van der Waals surface area contributed by atoms with Crippen LogP contribution in [0, 0.1) is 11.8 Å². The number of aliphatic imine (C=N–C) groups is 2. The number of nitrogens with zero attached hydrogens (tertiary/aromatic N) is 4. The topological polar surface area (TPSA) is 64.5 Å². The van der Waals surface area contributed by atoms with Gasteiger partial charge in [0.25, 0.3) is 0 Å². The lowest BCUT2D eigenvalue weighted by atomic mass is 9.96. The fourth-order valence-electron chi connectivity index (χ4n) is 4.98. The van der Waals surface area contributed by atoms with Crippen LogP contribution < -0.4 is 10.6 Å². The van der Waals surface area contributed by atoms with Gasteiger partial charge in [-0.05, 0) is 51.8 Å². The Labute approximate surface area is 199 Å². The molecule has 7 heteroatoms. The highest BCUT2D eigenvalue weighted by Gasteiger charge is 2.33. The highest BCUT2D eigenvalue weighted by molar-refractivity contribution is 6.18. The number of allylic oxidation sites excluding steroid dienone is 1. The van der Waals surface area contributed by atoms with E-state index in [1.165, 1.54) is 19.3 Å². The van der Waals surface area contributed by atoms with Crippen molar-refractivity contribution in [2.45, 2.75) is 52.1 Å². The van der Waals surface area contributed by atoms with Crippen molar-refractivity contribution in [3.8, 4) is 0 Å². The number of hydrogen-bond acceptors (Lipinski definition) is 7.